The molecule has 0 radical (unpaired) electrons. The van der Waals surface area contributed by atoms with E-state index in [-0.39, 0.29) is 36.1 Å². The highest BCUT2D eigenvalue weighted by Crippen LogP contribution is 2.20. The summed E-state index contributed by atoms with van der Waals surface area (Å²) >= 11 is 0. The van der Waals surface area contributed by atoms with E-state index in [1.807, 2.05) is 14.1 Å². The van der Waals surface area contributed by atoms with Crippen LogP contribution in [0.3, 0.4) is 0 Å². The third-order valence-corrected chi connectivity index (χ3v) is 4.79. The first-order valence-electron chi connectivity index (χ1n) is 9.17. The molecule has 9 heteroatoms. The number of likely N-dealkylation sites (N-methyl/N-ethyl adjacent to an activating group) is 1. The minimum Gasteiger partial charge on any atom is -0.354 e. The highest BCUT2D eigenvalue weighted by molar-refractivity contribution is 14.0. The zero-order valence-electron chi connectivity index (χ0n) is 16.9. The molecule has 1 fully saturated rings. The maximum absolute atomic E-state index is 12.5. The predicted octanol–water partition coefficient (Wildman–Crippen LogP) is 3.02. The molecule has 1 aliphatic rings. The number of halogens is 4. The van der Waals surface area contributed by atoms with E-state index in [0.717, 1.165) is 0 Å². The van der Waals surface area contributed by atoms with Gasteiger partial charge in [0.2, 0.25) is 0 Å². The van der Waals surface area contributed by atoms with Crippen molar-refractivity contribution in [3.63, 3.8) is 0 Å². The molecule has 2 unspecified atom stereocenters. The summed E-state index contributed by atoms with van der Waals surface area (Å²) < 4.78 is 37.6. The van der Waals surface area contributed by atoms with Crippen LogP contribution in [0.2, 0.25) is 0 Å². The van der Waals surface area contributed by atoms with E-state index < -0.39 is 12.7 Å². The predicted molar refractivity (Wildman–Crippen MR) is 118 cm³/mol. The molecule has 2 rings (SSSR count). The summed E-state index contributed by atoms with van der Waals surface area (Å²) in [7, 11) is 5.72. The second-order valence-corrected chi connectivity index (χ2v) is 7.32. The lowest BCUT2D eigenvalue weighted by Gasteiger charge is -2.27. The van der Waals surface area contributed by atoms with Gasteiger partial charge in [0.25, 0.3) is 0 Å². The van der Waals surface area contributed by atoms with Gasteiger partial charge in [0.05, 0.1) is 12.6 Å². The van der Waals surface area contributed by atoms with E-state index in [1.54, 1.807) is 7.05 Å². The van der Waals surface area contributed by atoms with Crippen LogP contribution in [0.25, 0.3) is 0 Å². The number of benzene rings is 1. The summed E-state index contributed by atoms with van der Waals surface area (Å²) in [5.74, 6) is 0.618. The monoisotopic (exact) mass is 513 g/mol. The van der Waals surface area contributed by atoms with Crippen LogP contribution in [0, 0.1) is 6.92 Å². The van der Waals surface area contributed by atoms with Crippen molar-refractivity contribution in [2.75, 3.05) is 47.3 Å². The molecule has 28 heavy (non-hydrogen) atoms. The molecule has 1 aromatic rings. The third kappa shape index (κ3) is 8.12. The van der Waals surface area contributed by atoms with Crippen LogP contribution in [-0.4, -0.2) is 75.3 Å². The first-order chi connectivity index (χ1) is 12.7. The maximum Gasteiger partial charge on any atom is 0.401 e. The van der Waals surface area contributed by atoms with Crippen LogP contribution < -0.4 is 10.6 Å². The number of likely N-dealkylation sites (tertiary alicyclic amines) is 1. The lowest BCUT2D eigenvalue weighted by atomic mass is 10.0. The van der Waals surface area contributed by atoms with Gasteiger partial charge in [-0.1, -0.05) is 29.8 Å². The summed E-state index contributed by atoms with van der Waals surface area (Å²) in [5, 5.41) is 6.56. The Morgan fingerprint density at radius 1 is 1.29 bits per heavy atom. The summed E-state index contributed by atoms with van der Waals surface area (Å²) in [5.41, 5.74) is 2.41. The van der Waals surface area contributed by atoms with Crippen LogP contribution in [0.1, 0.15) is 23.6 Å². The van der Waals surface area contributed by atoms with Crippen molar-refractivity contribution in [2.24, 2.45) is 4.99 Å². The minimum absolute atomic E-state index is 0. The topological polar surface area (TPSA) is 42.9 Å². The Balaban J connectivity index is 0.00000392. The molecule has 0 aromatic heterocycles. The Bertz CT molecular complexity index is 619. The molecule has 5 nitrogen and oxygen atoms in total. The normalized spacial score (nSPS) is 19.4. The van der Waals surface area contributed by atoms with Crippen molar-refractivity contribution >= 4 is 29.9 Å². The van der Waals surface area contributed by atoms with Gasteiger partial charge in [-0.05, 0) is 33.0 Å². The number of hydrogen-bond acceptors (Lipinski definition) is 3. The molecule has 0 saturated carbocycles. The number of guanidine groups is 1. The van der Waals surface area contributed by atoms with E-state index in [9.17, 15) is 13.2 Å². The lowest BCUT2D eigenvalue weighted by Crippen LogP contribution is -2.47. The van der Waals surface area contributed by atoms with Crippen molar-refractivity contribution in [3.05, 3.63) is 35.4 Å². The molecular weight excluding hydrogens is 482 g/mol. The molecule has 2 atom stereocenters. The van der Waals surface area contributed by atoms with Crippen LogP contribution in [-0.2, 0) is 0 Å². The number of hydrogen-bond donors (Lipinski definition) is 2. The van der Waals surface area contributed by atoms with Gasteiger partial charge in [-0.2, -0.15) is 13.2 Å². The summed E-state index contributed by atoms with van der Waals surface area (Å²) in [6.07, 6.45) is -3.48. The summed E-state index contributed by atoms with van der Waals surface area (Å²) in [6, 6.07) is 8.54. The van der Waals surface area contributed by atoms with Crippen LogP contribution in [0.15, 0.2) is 29.3 Å². The second kappa shape index (κ2) is 11.2. The van der Waals surface area contributed by atoms with Crippen molar-refractivity contribution in [1.82, 2.24) is 20.4 Å². The zero-order valence-corrected chi connectivity index (χ0v) is 19.2. The first-order valence-corrected chi connectivity index (χ1v) is 9.17. The van der Waals surface area contributed by atoms with E-state index in [0.29, 0.717) is 32.0 Å². The fourth-order valence-electron chi connectivity index (χ4n) is 3.32. The average molecular weight is 513 g/mol. The van der Waals surface area contributed by atoms with Gasteiger partial charge in [-0.3, -0.25) is 9.89 Å². The molecule has 160 valence electrons. The maximum atomic E-state index is 12.5. The van der Waals surface area contributed by atoms with Crippen LogP contribution in [0.4, 0.5) is 13.2 Å². The Labute approximate surface area is 182 Å². The van der Waals surface area contributed by atoms with Crippen LogP contribution >= 0.6 is 24.0 Å². The lowest BCUT2D eigenvalue weighted by molar-refractivity contribution is -0.143. The molecule has 0 spiro atoms. The van der Waals surface area contributed by atoms with Gasteiger partial charge in [-0.25, -0.2) is 0 Å². The standard InChI is InChI=1S/C19H30F3N5.HI/c1-14-5-7-15(8-6-14)17(26(3)4)11-24-18(23-2)25-16-9-10-27(12-16)13-19(20,21)22;/h5-8,16-17H,9-13H2,1-4H3,(H2,23,24,25);1H. The molecule has 0 aliphatic carbocycles. The Morgan fingerprint density at radius 2 is 1.93 bits per heavy atom. The number of nitrogens with one attached hydrogen (secondary N) is 2. The molecule has 1 aromatic carbocycles. The molecule has 1 saturated heterocycles. The average Bonchev–Trinajstić information content (AvgIpc) is 3.00. The molecular formula is C19H31F3IN5. The fraction of sp³-hybridized carbons (Fsp3) is 0.632. The quantitative estimate of drug-likeness (QED) is 0.349. The van der Waals surface area contributed by atoms with Crippen molar-refractivity contribution in [2.45, 2.75) is 31.6 Å². The van der Waals surface area contributed by atoms with Gasteiger partial charge in [0, 0.05) is 32.7 Å². The number of rotatable bonds is 6. The van der Waals surface area contributed by atoms with E-state index in [2.05, 4.69) is 51.7 Å². The Hall–Kier alpha value is -1.07. The van der Waals surface area contributed by atoms with Gasteiger partial charge >= 0.3 is 6.18 Å². The van der Waals surface area contributed by atoms with E-state index in [4.69, 9.17) is 0 Å². The highest BCUT2D eigenvalue weighted by atomic mass is 127. The fourth-order valence-corrected chi connectivity index (χ4v) is 3.32. The summed E-state index contributed by atoms with van der Waals surface area (Å²) in [6.45, 7) is 2.66. The second-order valence-electron chi connectivity index (χ2n) is 7.32. The van der Waals surface area contributed by atoms with Gasteiger partial charge in [0.1, 0.15) is 0 Å². The molecule has 0 bridgehead atoms. The molecule has 1 heterocycles. The van der Waals surface area contributed by atoms with Gasteiger partial charge < -0.3 is 15.5 Å². The van der Waals surface area contributed by atoms with Crippen molar-refractivity contribution in [1.29, 1.82) is 0 Å². The third-order valence-electron chi connectivity index (χ3n) is 4.79. The van der Waals surface area contributed by atoms with Crippen LogP contribution in [0.5, 0.6) is 0 Å². The van der Waals surface area contributed by atoms with Gasteiger partial charge in [-0.15, -0.1) is 24.0 Å². The van der Waals surface area contributed by atoms with Crippen molar-refractivity contribution in [3.8, 4) is 0 Å². The first kappa shape index (κ1) is 25.0. The van der Waals surface area contributed by atoms with Crippen molar-refractivity contribution < 1.29 is 13.2 Å². The largest absolute Gasteiger partial charge is 0.401 e. The number of alkyl halides is 3. The number of aliphatic imine (C=N–C) groups is 1. The number of nitrogens with zero attached hydrogens (tertiary/aromatic N) is 3. The summed E-state index contributed by atoms with van der Waals surface area (Å²) in [4.78, 5) is 7.79. The molecule has 2 N–H and O–H groups in total. The minimum atomic E-state index is -4.15. The smallest absolute Gasteiger partial charge is 0.354 e. The Morgan fingerprint density at radius 3 is 2.46 bits per heavy atom. The highest BCUT2D eigenvalue weighted by Gasteiger charge is 2.34. The number of aryl methyl sites for hydroxylation is 1. The molecule has 0 amide bonds. The molecule has 1 aliphatic heterocycles. The van der Waals surface area contributed by atoms with E-state index in [1.165, 1.54) is 16.0 Å². The SMILES string of the molecule is CN=C(NCC(c1ccc(C)cc1)N(C)C)NC1CCN(CC(F)(F)F)C1.I. The zero-order chi connectivity index (χ0) is 20.0. The van der Waals surface area contributed by atoms with Gasteiger partial charge in [0.15, 0.2) is 5.96 Å². The Kier molecular flexibility index (Phi) is 9.99. The van der Waals surface area contributed by atoms with E-state index >= 15 is 0 Å².